The van der Waals surface area contributed by atoms with Crippen LogP contribution in [0.3, 0.4) is 0 Å². The predicted molar refractivity (Wildman–Crippen MR) is 175 cm³/mol. The number of carbonyl (C=O) groups is 2. The topological polar surface area (TPSA) is 55.9 Å². The number of hydrogen-bond donors (Lipinski definition) is 1. The van der Waals surface area contributed by atoms with Gasteiger partial charge in [0.05, 0.1) is 16.2 Å². The lowest BCUT2D eigenvalue weighted by Gasteiger charge is -2.37. The van der Waals surface area contributed by atoms with Crippen LogP contribution in [-0.2, 0) is 11.0 Å². The number of piperazine rings is 1. The van der Waals surface area contributed by atoms with Crippen molar-refractivity contribution >= 4 is 34.7 Å². The molecule has 2 heterocycles. The first-order valence-corrected chi connectivity index (χ1v) is 15.5. The number of benzene rings is 3. The van der Waals surface area contributed by atoms with Gasteiger partial charge in [-0.3, -0.25) is 9.59 Å². The summed E-state index contributed by atoms with van der Waals surface area (Å²) in [5.41, 5.74) is 4.39. The van der Waals surface area contributed by atoms with Gasteiger partial charge >= 0.3 is 6.18 Å². The van der Waals surface area contributed by atoms with Crippen molar-refractivity contribution in [3.05, 3.63) is 101 Å². The van der Waals surface area contributed by atoms with E-state index in [9.17, 15) is 22.8 Å². The standard InChI is InChI=1S/C35H37F3N4O2S/c1-23-8-13-29(26-9-11-28(12-10-26)35(36,37)38)30(22-23)34(44)41-16-14-27(15-17-41)32(45)39-25(3)33(43)42-20-18-40(19-21-42)31-7-5-4-6-24(31)2/h4-13,22,27H,3,14-21H2,1-2H3,(H,39,45). The van der Waals surface area contributed by atoms with E-state index in [2.05, 4.69) is 35.9 Å². The summed E-state index contributed by atoms with van der Waals surface area (Å²) in [6.45, 7) is 11.5. The number of rotatable bonds is 6. The van der Waals surface area contributed by atoms with Crippen molar-refractivity contribution < 1.29 is 22.8 Å². The van der Waals surface area contributed by atoms with E-state index in [1.54, 1.807) is 21.9 Å². The molecule has 6 nitrogen and oxygen atoms in total. The summed E-state index contributed by atoms with van der Waals surface area (Å²) in [5.74, 6) is -0.349. The van der Waals surface area contributed by atoms with E-state index in [1.807, 2.05) is 25.1 Å². The fourth-order valence-corrected chi connectivity index (χ4v) is 6.36. The summed E-state index contributed by atoms with van der Waals surface area (Å²) >= 11 is 5.67. The zero-order valence-corrected chi connectivity index (χ0v) is 26.3. The van der Waals surface area contributed by atoms with Crippen molar-refractivity contribution in [2.24, 2.45) is 5.92 Å². The molecule has 0 spiro atoms. The second-order valence-electron chi connectivity index (χ2n) is 11.7. The zero-order chi connectivity index (χ0) is 32.3. The number of amides is 2. The van der Waals surface area contributed by atoms with Gasteiger partial charge in [0.2, 0.25) is 0 Å². The highest BCUT2D eigenvalue weighted by Gasteiger charge is 2.31. The molecule has 2 aliphatic rings. The van der Waals surface area contributed by atoms with Crippen LogP contribution < -0.4 is 10.2 Å². The number of piperidine rings is 1. The summed E-state index contributed by atoms with van der Waals surface area (Å²) < 4.78 is 39.3. The van der Waals surface area contributed by atoms with E-state index >= 15 is 0 Å². The molecule has 0 aliphatic carbocycles. The van der Waals surface area contributed by atoms with Crippen LogP contribution in [-0.4, -0.2) is 65.9 Å². The Labute approximate surface area is 267 Å². The van der Waals surface area contributed by atoms with Gasteiger partial charge in [0.15, 0.2) is 0 Å². The highest BCUT2D eigenvalue weighted by Crippen LogP contribution is 2.33. The molecule has 0 aromatic heterocycles. The van der Waals surface area contributed by atoms with E-state index < -0.39 is 11.7 Å². The minimum atomic E-state index is -4.43. The average molecular weight is 635 g/mol. The smallest absolute Gasteiger partial charge is 0.368 e. The molecule has 0 atom stereocenters. The number of para-hydroxylation sites is 1. The van der Waals surface area contributed by atoms with Gasteiger partial charge in [0.1, 0.15) is 0 Å². The molecule has 10 heteroatoms. The molecule has 2 amide bonds. The van der Waals surface area contributed by atoms with Crippen LogP contribution >= 0.6 is 12.2 Å². The third kappa shape index (κ3) is 7.39. The van der Waals surface area contributed by atoms with Gasteiger partial charge in [-0.05, 0) is 67.6 Å². The van der Waals surface area contributed by atoms with Crippen LogP contribution in [0.2, 0.25) is 0 Å². The Morgan fingerprint density at radius 2 is 1.51 bits per heavy atom. The summed E-state index contributed by atoms with van der Waals surface area (Å²) in [7, 11) is 0. The summed E-state index contributed by atoms with van der Waals surface area (Å²) in [6.07, 6.45) is -3.19. The monoisotopic (exact) mass is 634 g/mol. The lowest BCUT2D eigenvalue weighted by molar-refractivity contribution is -0.137. The second-order valence-corrected chi connectivity index (χ2v) is 12.2. The molecule has 1 N–H and O–H groups in total. The number of carbonyl (C=O) groups excluding carboxylic acids is 2. The van der Waals surface area contributed by atoms with Crippen molar-refractivity contribution in [1.82, 2.24) is 15.1 Å². The van der Waals surface area contributed by atoms with Gasteiger partial charge in [-0.2, -0.15) is 13.2 Å². The predicted octanol–water partition coefficient (Wildman–Crippen LogP) is 6.62. The van der Waals surface area contributed by atoms with Crippen molar-refractivity contribution in [3.63, 3.8) is 0 Å². The van der Waals surface area contributed by atoms with Gasteiger partial charge < -0.3 is 20.0 Å². The van der Waals surface area contributed by atoms with E-state index in [-0.39, 0.29) is 23.4 Å². The highest BCUT2D eigenvalue weighted by atomic mass is 32.1. The Bertz CT molecular complexity index is 1590. The van der Waals surface area contributed by atoms with Crippen LogP contribution in [0.5, 0.6) is 0 Å². The molecule has 0 saturated carbocycles. The molecule has 236 valence electrons. The molecule has 45 heavy (non-hydrogen) atoms. The van der Waals surface area contributed by atoms with Crippen molar-refractivity contribution in [1.29, 1.82) is 0 Å². The van der Waals surface area contributed by atoms with Gasteiger partial charge in [0, 0.05) is 56.4 Å². The third-order valence-electron chi connectivity index (χ3n) is 8.64. The van der Waals surface area contributed by atoms with Crippen LogP contribution in [0, 0.1) is 19.8 Å². The Morgan fingerprint density at radius 1 is 0.867 bits per heavy atom. The molecule has 0 bridgehead atoms. The Kier molecular flexibility index (Phi) is 9.62. The summed E-state index contributed by atoms with van der Waals surface area (Å²) in [4.78, 5) is 33.2. The molecule has 5 rings (SSSR count). The van der Waals surface area contributed by atoms with Gasteiger partial charge in [-0.15, -0.1) is 0 Å². The molecular formula is C35H37F3N4O2S. The zero-order valence-electron chi connectivity index (χ0n) is 25.5. The average Bonchev–Trinajstić information content (AvgIpc) is 3.04. The van der Waals surface area contributed by atoms with Crippen molar-refractivity contribution in [2.75, 3.05) is 44.2 Å². The third-order valence-corrected chi connectivity index (χ3v) is 9.07. The number of nitrogens with zero attached hydrogens (tertiary/aromatic N) is 3. The van der Waals surface area contributed by atoms with E-state index in [0.717, 1.165) is 30.8 Å². The Morgan fingerprint density at radius 3 is 2.13 bits per heavy atom. The molecule has 0 unspecified atom stereocenters. The highest BCUT2D eigenvalue weighted by molar-refractivity contribution is 7.80. The number of anilines is 1. The second kappa shape index (κ2) is 13.4. The van der Waals surface area contributed by atoms with E-state index in [4.69, 9.17) is 12.2 Å². The number of likely N-dealkylation sites (tertiary alicyclic amines) is 1. The fourth-order valence-electron chi connectivity index (χ4n) is 6.00. The molecule has 2 fully saturated rings. The normalized spacial score (nSPS) is 16.0. The number of halogens is 3. The maximum atomic E-state index is 13.7. The lowest BCUT2D eigenvalue weighted by Crippen LogP contribution is -2.51. The SMILES string of the molecule is C=C(NC(=S)C1CCN(C(=O)c2cc(C)ccc2-c2ccc(C(F)(F)F)cc2)CC1)C(=O)N1CCN(c2ccccc2C)CC1. The first-order chi connectivity index (χ1) is 21.4. The molecule has 3 aromatic rings. The maximum Gasteiger partial charge on any atom is 0.416 e. The molecule has 2 aliphatic heterocycles. The van der Waals surface area contributed by atoms with Gasteiger partial charge in [-0.1, -0.05) is 66.8 Å². The number of nitrogens with one attached hydrogen (secondary N) is 1. The van der Waals surface area contributed by atoms with Crippen LogP contribution in [0.25, 0.3) is 11.1 Å². The summed E-state index contributed by atoms with van der Waals surface area (Å²) in [5, 5.41) is 3.08. The molecule has 0 radical (unpaired) electrons. The van der Waals surface area contributed by atoms with Crippen LogP contribution in [0.15, 0.2) is 79.0 Å². The minimum Gasteiger partial charge on any atom is -0.368 e. The number of hydrogen-bond acceptors (Lipinski definition) is 4. The van der Waals surface area contributed by atoms with E-state index in [0.29, 0.717) is 60.7 Å². The Balaban J connectivity index is 1.15. The van der Waals surface area contributed by atoms with Crippen LogP contribution in [0.4, 0.5) is 18.9 Å². The quantitative estimate of drug-likeness (QED) is 0.244. The molecule has 3 aromatic carbocycles. The van der Waals surface area contributed by atoms with Crippen LogP contribution in [0.1, 0.15) is 39.9 Å². The number of alkyl halides is 3. The lowest BCUT2D eigenvalue weighted by atomic mass is 9.93. The fraction of sp³-hybridized carbons (Fsp3) is 0.343. The molecular weight excluding hydrogens is 597 g/mol. The first-order valence-electron chi connectivity index (χ1n) is 15.1. The Hall–Kier alpha value is -4.18. The number of thiocarbonyl (C=S) groups is 1. The van der Waals surface area contributed by atoms with Gasteiger partial charge in [-0.25, -0.2) is 0 Å². The molecule has 2 saturated heterocycles. The van der Waals surface area contributed by atoms with Crippen molar-refractivity contribution in [3.8, 4) is 11.1 Å². The maximum absolute atomic E-state index is 13.7. The van der Waals surface area contributed by atoms with E-state index in [1.165, 1.54) is 23.4 Å². The first kappa shape index (κ1) is 32.2. The minimum absolute atomic E-state index is 0.0154. The summed E-state index contributed by atoms with van der Waals surface area (Å²) in [6, 6.07) is 18.5. The van der Waals surface area contributed by atoms with Gasteiger partial charge in [0.25, 0.3) is 11.8 Å². The van der Waals surface area contributed by atoms with Crippen molar-refractivity contribution in [2.45, 2.75) is 32.9 Å². The largest absolute Gasteiger partial charge is 0.416 e. The number of aryl methyl sites for hydroxylation is 2.